The molecular weight excluding hydrogens is 443 g/mol. The quantitative estimate of drug-likeness (QED) is 0.525. The number of amides is 1. The molecule has 31 heavy (non-hydrogen) atoms. The van der Waals surface area contributed by atoms with Gasteiger partial charge in [0, 0.05) is 6.54 Å². The molecule has 0 aliphatic carbocycles. The molecule has 3 rings (SSSR count). The molecule has 0 aliphatic heterocycles. The summed E-state index contributed by atoms with van der Waals surface area (Å²) >= 11 is 0.994. The van der Waals surface area contributed by atoms with Crippen molar-refractivity contribution in [3.05, 3.63) is 71.4 Å². The zero-order chi connectivity index (χ0) is 22.4. The van der Waals surface area contributed by atoms with Gasteiger partial charge in [-0.2, -0.15) is 0 Å². The Morgan fingerprint density at radius 3 is 2.45 bits per heavy atom. The number of halogens is 1. The fourth-order valence-electron chi connectivity index (χ4n) is 2.85. The van der Waals surface area contributed by atoms with Gasteiger partial charge in [-0.05, 0) is 41.3 Å². The fraction of sp³-hybridized carbons (Fsp3) is 0.190. The summed E-state index contributed by atoms with van der Waals surface area (Å²) in [6.45, 7) is -0.447. The summed E-state index contributed by atoms with van der Waals surface area (Å²) in [6, 6.07) is 13.6. The molecule has 0 bridgehead atoms. The maximum atomic E-state index is 14.4. The van der Waals surface area contributed by atoms with Gasteiger partial charge in [-0.3, -0.25) is 9.10 Å². The Morgan fingerprint density at radius 2 is 1.81 bits per heavy atom. The molecular formula is C21H21FN2O5S2. The van der Waals surface area contributed by atoms with Crippen molar-refractivity contribution in [2.75, 3.05) is 25.1 Å². The lowest BCUT2D eigenvalue weighted by atomic mass is 10.2. The monoisotopic (exact) mass is 464 g/mol. The number of thiophene rings is 1. The van der Waals surface area contributed by atoms with Crippen LogP contribution in [0, 0.1) is 5.82 Å². The maximum Gasteiger partial charge on any atom is 0.274 e. The second-order valence-electron chi connectivity index (χ2n) is 6.36. The Morgan fingerprint density at radius 1 is 1.06 bits per heavy atom. The first-order chi connectivity index (χ1) is 14.9. The van der Waals surface area contributed by atoms with E-state index in [1.165, 1.54) is 38.5 Å². The third kappa shape index (κ3) is 5.15. The highest BCUT2D eigenvalue weighted by Crippen LogP contribution is 2.29. The first kappa shape index (κ1) is 22.6. The number of rotatable bonds is 9. The lowest BCUT2D eigenvalue weighted by molar-refractivity contribution is -0.119. The van der Waals surface area contributed by atoms with Gasteiger partial charge in [0.15, 0.2) is 11.5 Å². The minimum Gasteiger partial charge on any atom is -0.493 e. The topological polar surface area (TPSA) is 84.9 Å². The van der Waals surface area contributed by atoms with E-state index in [9.17, 15) is 17.6 Å². The van der Waals surface area contributed by atoms with E-state index in [0.29, 0.717) is 11.5 Å². The molecule has 164 valence electrons. The van der Waals surface area contributed by atoms with Gasteiger partial charge < -0.3 is 14.8 Å². The summed E-state index contributed by atoms with van der Waals surface area (Å²) < 4.78 is 51.8. The van der Waals surface area contributed by atoms with Crippen molar-refractivity contribution in [2.45, 2.75) is 10.8 Å². The molecule has 0 fully saturated rings. The number of hydrogen-bond acceptors (Lipinski definition) is 6. The lowest BCUT2D eigenvalue weighted by Gasteiger charge is -2.23. The molecule has 0 saturated carbocycles. The highest BCUT2D eigenvalue weighted by molar-refractivity contribution is 7.94. The average molecular weight is 465 g/mol. The van der Waals surface area contributed by atoms with E-state index in [-0.39, 0.29) is 16.4 Å². The summed E-state index contributed by atoms with van der Waals surface area (Å²) in [4.78, 5) is 12.6. The van der Waals surface area contributed by atoms with Gasteiger partial charge in [0.1, 0.15) is 16.6 Å². The molecule has 0 spiro atoms. The second-order valence-corrected chi connectivity index (χ2v) is 9.40. The normalized spacial score (nSPS) is 11.1. The smallest absolute Gasteiger partial charge is 0.274 e. The van der Waals surface area contributed by atoms with Gasteiger partial charge in [-0.1, -0.05) is 24.3 Å². The Kier molecular flexibility index (Phi) is 7.13. The number of benzene rings is 2. The first-order valence-electron chi connectivity index (χ1n) is 9.15. The zero-order valence-corrected chi connectivity index (χ0v) is 18.5. The molecule has 3 aromatic rings. The standard InChI is InChI=1S/C21H21FN2O5S2/c1-28-18-10-9-15(12-19(18)29-2)13-23-20(25)14-24(17-7-4-3-6-16(17)22)31(26,27)21-8-5-11-30-21/h3-12H,13-14H2,1-2H3,(H,23,25). The van der Waals surface area contributed by atoms with Gasteiger partial charge in [0.05, 0.1) is 19.9 Å². The Hall–Kier alpha value is -3.11. The molecule has 1 N–H and O–H groups in total. The average Bonchev–Trinajstić information content (AvgIpc) is 3.32. The minimum atomic E-state index is -4.12. The Bertz CT molecular complexity index is 1150. The first-order valence-corrected chi connectivity index (χ1v) is 11.5. The molecule has 0 saturated heterocycles. The summed E-state index contributed by atoms with van der Waals surface area (Å²) in [7, 11) is -1.10. The molecule has 10 heteroatoms. The predicted molar refractivity (Wildman–Crippen MR) is 117 cm³/mol. The largest absolute Gasteiger partial charge is 0.493 e. The third-order valence-corrected chi connectivity index (χ3v) is 7.52. The fourth-order valence-corrected chi connectivity index (χ4v) is 5.38. The summed E-state index contributed by atoms with van der Waals surface area (Å²) in [5, 5.41) is 4.27. The van der Waals surface area contributed by atoms with E-state index in [1.807, 2.05) is 0 Å². The van der Waals surface area contributed by atoms with Gasteiger partial charge in [0.2, 0.25) is 5.91 Å². The summed E-state index contributed by atoms with van der Waals surface area (Å²) in [5.74, 6) is -0.277. The third-order valence-electron chi connectivity index (χ3n) is 4.39. The van der Waals surface area contributed by atoms with Crippen LogP contribution in [0.5, 0.6) is 11.5 Å². The number of nitrogens with one attached hydrogen (secondary N) is 1. The number of carbonyl (C=O) groups is 1. The number of sulfonamides is 1. The number of hydrogen-bond donors (Lipinski definition) is 1. The van der Waals surface area contributed by atoms with Crippen LogP contribution in [0.3, 0.4) is 0 Å². The Balaban J connectivity index is 1.80. The van der Waals surface area contributed by atoms with Crippen LogP contribution < -0.4 is 19.1 Å². The van der Waals surface area contributed by atoms with Crippen molar-refractivity contribution in [2.24, 2.45) is 0 Å². The zero-order valence-electron chi connectivity index (χ0n) is 16.9. The van der Waals surface area contributed by atoms with Crippen LogP contribution in [-0.2, 0) is 21.4 Å². The van der Waals surface area contributed by atoms with Gasteiger partial charge in [-0.15, -0.1) is 11.3 Å². The van der Waals surface area contributed by atoms with E-state index in [1.54, 1.807) is 29.6 Å². The van der Waals surface area contributed by atoms with Crippen molar-refractivity contribution >= 4 is 33.0 Å². The number of carbonyl (C=O) groups excluding carboxylic acids is 1. The van der Waals surface area contributed by atoms with Crippen LogP contribution in [0.25, 0.3) is 0 Å². The Labute approximate surface area is 184 Å². The molecule has 0 radical (unpaired) electrons. The lowest BCUT2D eigenvalue weighted by Crippen LogP contribution is -2.40. The number of methoxy groups -OCH3 is 2. The van der Waals surface area contributed by atoms with Crippen molar-refractivity contribution in [1.82, 2.24) is 5.32 Å². The minimum absolute atomic E-state index is 0.0171. The highest BCUT2D eigenvalue weighted by Gasteiger charge is 2.29. The van der Waals surface area contributed by atoms with Gasteiger partial charge in [-0.25, -0.2) is 12.8 Å². The molecule has 1 amide bonds. The van der Waals surface area contributed by atoms with E-state index < -0.39 is 28.3 Å². The van der Waals surface area contributed by atoms with E-state index in [4.69, 9.17) is 9.47 Å². The molecule has 0 aliphatic rings. The van der Waals surface area contributed by atoms with Crippen LogP contribution in [0.1, 0.15) is 5.56 Å². The van der Waals surface area contributed by atoms with Crippen molar-refractivity contribution < 1.29 is 27.1 Å². The van der Waals surface area contributed by atoms with Gasteiger partial charge in [0.25, 0.3) is 10.0 Å². The maximum absolute atomic E-state index is 14.4. The van der Waals surface area contributed by atoms with E-state index >= 15 is 0 Å². The molecule has 1 heterocycles. The predicted octanol–water partition coefficient (Wildman–Crippen LogP) is 3.42. The summed E-state index contributed by atoms with van der Waals surface area (Å²) in [5.41, 5.74) is 0.529. The van der Waals surface area contributed by atoms with Crippen molar-refractivity contribution in [3.8, 4) is 11.5 Å². The van der Waals surface area contributed by atoms with E-state index in [2.05, 4.69) is 5.32 Å². The number of para-hydroxylation sites is 1. The highest BCUT2D eigenvalue weighted by atomic mass is 32.2. The molecule has 7 nitrogen and oxygen atoms in total. The molecule has 0 unspecified atom stereocenters. The molecule has 1 aromatic heterocycles. The van der Waals surface area contributed by atoms with Crippen LogP contribution in [-0.4, -0.2) is 35.1 Å². The second kappa shape index (κ2) is 9.80. The van der Waals surface area contributed by atoms with Crippen LogP contribution in [0.15, 0.2) is 64.2 Å². The number of anilines is 1. The van der Waals surface area contributed by atoms with Crippen LogP contribution in [0.4, 0.5) is 10.1 Å². The molecule has 0 atom stereocenters. The van der Waals surface area contributed by atoms with E-state index in [0.717, 1.165) is 27.3 Å². The number of ether oxygens (including phenoxy) is 2. The van der Waals surface area contributed by atoms with Crippen molar-refractivity contribution in [3.63, 3.8) is 0 Å². The van der Waals surface area contributed by atoms with Crippen LogP contribution in [0.2, 0.25) is 0 Å². The van der Waals surface area contributed by atoms with Crippen molar-refractivity contribution in [1.29, 1.82) is 0 Å². The molecule has 2 aromatic carbocycles. The van der Waals surface area contributed by atoms with Crippen LogP contribution >= 0.6 is 11.3 Å². The number of nitrogens with zero attached hydrogens (tertiary/aromatic N) is 1. The SMILES string of the molecule is COc1ccc(CNC(=O)CN(c2ccccc2F)S(=O)(=O)c2cccs2)cc1OC. The summed E-state index contributed by atoms with van der Waals surface area (Å²) in [6.07, 6.45) is 0. The van der Waals surface area contributed by atoms with Gasteiger partial charge >= 0.3 is 0 Å².